The first-order valence-corrected chi connectivity index (χ1v) is 12.5. The minimum absolute atomic E-state index is 0.0222. The van der Waals surface area contributed by atoms with Crippen LogP contribution < -0.4 is 5.73 Å². The second-order valence-corrected chi connectivity index (χ2v) is 10.0. The van der Waals surface area contributed by atoms with Crippen LogP contribution in [-0.4, -0.2) is 38.2 Å². The summed E-state index contributed by atoms with van der Waals surface area (Å²) in [5, 5.41) is 6.74. The van der Waals surface area contributed by atoms with Crippen molar-refractivity contribution in [3.8, 4) is 0 Å². The Balaban J connectivity index is 1.27. The van der Waals surface area contributed by atoms with Gasteiger partial charge in [0.2, 0.25) is 11.7 Å². The summed E-state index contributed by atoms with van der Waals surface area (Å²) in [5.74, 6) is -4.49. The molecule has 0 fully saturated rings. The maximum Gasteiger partial charge on any atom is 0.451 e. The van der Waals surface area contributed by atoms with E-state index in [1.807, 2.05) is 0 Å². The number of amides is 1. The van der Waals surface area contributed by atoms with Gasteiger partial charge in [-0.15, -0.1) is 10.2 Å². The van der Waals surface area contributed by atoms with E-state index in [1.54, 1.807) is 0 Å². The van der Waals surface area contributed by atoms with Gasteiger partial charge in [-0.3, -0.25) is 4.79 Å². The van der Waals surface area contributed by atoms with Crippen molar-refractivity contribution < 1.29 is 44.7 Å². The van der Waals surface area contributed by atoms with Gasteiger partial charge in [0.25, 0.3) is 0 Å². The predicted molar refractivity (Wildman–Crippen MR) is 126 cm³/mol. The molecule has 1 amide bonds. The van der Waals surface area contributed by atoms with E-state index < -0.39 is 59.3 Å². The van der Waals surface area contributed by atoms with Gasteiger partial charge >= 0.3 is 12.4 Å². The first-order chi connectivity index (χ1) is 19.2. The van der Waals surface area contributed by atoms with Crippen LogP contribution in [0, 0.1) is 11.6 Å². The Hall–Kier alpha value is -3.59. The number of rotatable bonds is 6. The third kappa shape index (κ3) is 5.91. The van der Waals surface area contributed by atoms with E-state index in [2.05, 4.69) is 10.2 Å². The number of halogens is 8. The fourth-order valence-corrected chi connectivity index (χ4v) is 5.27. The van der Waals surface area contributed by atoms with E-state index in [9.17, 15) is 39.9 Å². The molecule has 1 aliphatic heterocycles. The highest BCUT2D eigenvalue weighted by Gasteiger charge is 2.41. The highest BCUT2D eigenvalue weighted by molar-refractivity contribution is 5.77. The number of alkyl halides is 6. The molecular weight excluding hydrogens is 566 g/mol. The predicted octanol–water partition coefficient (Wildman–Crippen LogP) is 5.10. The Morgan fingerprint density at radius 1 is 0.976 bits per heavy atom. The van der Waals surface area contributed by atoms with Crippen molar-refractivity contribution in [3.05, 3.63) is 81.9 Å². The zero-order chi connectivity index (χ0) is 29.7. The van der Waals surface area contributed by atoms with Crippen LogP contribution in [0.1, 0.15) is 58.8 Å². The zero-order valence-electron chi connectivity index (χ0n) is 21.1. The standard InChI is InChI=1S/C26H23F8N5O2/c27-18-7-15-16(20(35)10-23(40)38-5-6-39-22(11-38)36-37-24(39)26(32,33)34)9-21(17(15)8-19(18)28)41-12-13-1-3-14(4-2-13)25(29,30)31/h1-4,7-8,16,20-21H,5-6,9-12,35H2/t16?,20-,21-/m0/s1. The van der Waals surface area contributed by atoms with Crippen molar-refractivity contribution in [2.75, 3.05) is 6.54 Å². The molecular formula is C26H23F8N5O2. The van der Waals surface area contributed by atoms with Gasteiger partial charge in [-0.25, -0.2) is 8.78 Å². The molecule has 2 heterocycles. The molecule has 0 spiro atoms. The summed E-state index contributed by atoms with van der Waals surface area (Å²) in [4.78, 5) is 14.3. The van der Waals surface area contributed by atoms with Crippen molar-refractivity contribution in [1.29, 1.82) is 0 Å². The minimum atomic E-state index is -4.68. The van der Waals surface area contributed by atoms with Crippen LogP contribution in [0.4, 0.5) is 35.1 Å². The minimum Gasteiger partial charge on any atom is -0.369 e. The van der Waals surface area contributed by atoms with Crippen molar-refractivity contribution >= 4 is 5.91 Å². The second kappa shape index (κ2) is 10.7. The maximum absolute atomic E-state index is 14.2. The number of aromatic nitrogens is 3. The van der Waals surface area contributed by atoms with Crippen molar-refractivity contribution in [1.82, 2.24) is 19.7 Å². The van der Waals surface area contributed by atoms with Crippen LogP contribution in [-0.2, 0) is 41.6 Å². The number of hydrogen-bond acceptors (Lipinski definition) is 5. The molecule has 7 nitrogen and oxygen atoms in total. The summed E-state index contributed by atoms with van der Waals surface area (Å²) in [6.45, 7) is -0.501. The molecule has 1 unspecified atom stereocenters. The Bertz CT molecular complexity index is 1440. The molecule has 0 bridgehead atoms. The lowest BCUT2D eigenvalue weighted by Gasteiger charge is -2.30. The van der Waals surface area contributed by atoms with Crippen LogP contribution in [0.2, 0.25) is 0 Å². The third-order valence-corrected chi connectivity index (χ3v) is 7.36. The van der Waals surface area contributed by atoms with Crippen LogP contribution in [0.15, 0.2) is 36.4 Å². The Morgan fingerprint density at radius 2 is 1.63 bits per heavy atom. The summed E-state index contributed by atoms with van der Waals surface area (Å²) in [5.41, 5.74) is 6.63. The van der Waals surface area contributed by atoms with Crippen molar-refractivity contribution in [2.45, 2.75) is 63.0 Å². The largest absolute Gasteiger partial charge is 0.451 e. The molecule has 0 saturated heterocycles. The molecule has 0 saturated carbocycles. The number of carbonyl (C=O) groups is 1. The fraction of sp³-hybridized carbons (Fsp3) is 0.423. The lowest BCUT2D eigenvalue weighted by atomic mass is 9.91. The summed E-state index contributed by atoms with van der Waals surface area (Å²) in [6.07, 6.45) is -10.0. The van der Waals surface area contributed by atoms with Gasteiger partial charge in [-0.1, -0.05) is 12.1 Å². The monoisotopic (exact) mass is 589 g/mol. The molecule has 2 aromatic carbocycles. The van der Waals surface area contributed by atoms with Gasteiger partial charge in [0, 0.05) is 31.5 Å². The number of hydrogen-bond donors (Lipinski definition) is 1. The average molecular weight is 589 g/mol. The van der Waals surface area contributed by atoms with E-state index in [0.29, 0.717) is 16.7 Å². The number of nitrogens with zero attached hydrogens (tertiary/aromatic N) is 4. The van der Waals surface area contributed by atoms with Gasteiger partial charge in [0.05, 0.1) is 24.8 Å². The molecule has 0 radical (unpaired) electrons. The maximum atomic E-state index is 14.2. The molecule has 220 valence electrons. The second-order valence-electron chi connectivity index (χ2n) is 10.0. The molecule has 3 atom stereocenters. The first kappa shape index (κ1) is 28.9. The van der Waals surface area contributed by atoms with Crippen molar-refractivity contribution in [2.24, 2.45) is 5.73 Å². The lowest BCUT2D eigenvalue weighted by molar-refractivity contribution is -0.148. The normalized spacial score (nSPS) is 19.7. The van der Waals surface area contributed by atoms with Gasteiger partial charge in [0.1, 0.15) is 0 Å². The molecule has 2 N–H and O–H groups in total. The summed E-state index contributed by atoms with van der Waals surface area (Å²) < 4.78 is 113. The first-order valence-electron chi connectivity index (χ1n) is 12.5. The quantitative estimate of drug-likeness (QED) is 0.405. The lowest BCUT2D eigenvalue weighted by Crippen LogP contribution is -2.42. The van der Waals surface area contributed by atoms with Gasteiger partial charge in [0.15, 0.2) is 17.5 Å². The number of carbonyl (C=O) groups excluding carboxylic acids is 1. The molecule has 15 heteroatoms. The van der Waals surface area contributed by atoms with E-state index in [-0.39, 0.29) is 44.9 Å². The van der Waals surface area contributed by atoms with Crippen molar-refractivity contribution in [3.63, 3.8) is 0 Å². The number of nitrogens with two attached hydrogens (primary N) is 1. The van der Waals surface area contributed by atoms with Crippen LogP contribution >= 0.6 is 0 Å². The van der Waals surface area contributed by atoms with Gasteiger partial charge in [-0.05, 0) is 47.4 Å². The Morgan fingerprint density at radius 3 is 2.27 bits per heavy atom. The third-order valence-electron chi connectivity index (χ3n) is 7.36. The van der Waals surface area contributed by atoms with E-state index in [1.165, 1.54) is 17.0 Å². The molecule has 5 rings (SSSR count). The van der Waals surface area contributed by atoms with E-state index in [0.717, 1.165) is 28.8 Å². The number of benzene rings is 2. The average Bonchev–Trinajstić information content (AvgIpc) is 3.48. The zero-order valence-corrected chi connectivity index (χ0v) is 21.1. The molecule has 3 aromatic rings. The van der Waals surface area contributed by atoms with Crippen LogP contribution in [0.5, 0.6) is 0 Å². The SMILES string of the molecule is N[C@@H](CC(=O)N1CCn2c(nnc2C(F)(F)F)C1)C1C[C@H](OCc2ccc(C(F)(F)F)cc2)c2cc(F)c(F)cc21. The number of fused-ring (bicyclic) bond motifs is 2. The van der Waals surface area contributed by atoms with Crippen LogP contribution in [0.3, 0.4) is 0 Å². The molecule has 2 aliphatic rings. The molecule has 1 aliphatic carbocycles. The van der Waals surface area contributed by atoms with E-state index >= 15 is 0 Å². The van der Waals surface area contributed by atoms with E-state index in [4.69, 9.17) is 10.5 Å². The van der Waals surface area contributed by atoms with Crippen LogP contribution in [0.25, 0.3) is 0 Å². The van der Waals surface area contributed by atoms with Gasteiger partial charge in [-0.2, -0.15) is 26.3 Å². The Kier molecular flexibility index (Phi) is 7.53. The highest BCUT2D eigenvalue weighted by atomic mass is 19.4. The smallest absolute Gasteiger partial charge is 0.369 e. The summed E-state index contributed by atoms with van der Waals surface area (Å²) >= 11 is 0. The summed E-state index contributed by atoms with van der Waals surface area (Å²) in [6, 6.07) is 5.42. The topological polar surface area (TPSA) is 86.3 Å². The fourth-order valence-electron chi connectivity index (χ4n) is 5.27. The molecule has 41 heavy (non-hydrogen) atoms. The highest BCUT2D eigenvalue weighted by Crippen LogP contribution is 2.45. The summed E-state index contributed by atoms with van der Waals surface area (Å²) in [7, 11) is 0. The Labute approximate surface area is 227 Å². The molecule has 1 aromatic heterocycles. The number of ether oxygens (including phenoxy) is 1. The van der Waals surface area contributed by atoms with Gasteiger partial charge < -0.3 is 19.9 Å².